The summed E-state index contributed by atoms with van der Waals surface area (Å²) in [4.78, 5) is 25.3. The Labute approximate surface area is 149 Å². The molecule has 25 heavy (non-hydrogen) atoms. The van der Waals surface area contributed by atoms with Crippen LogP contribution in [0.25, 0.3) is 10.4 Å². The maximum Gasteiger partial charge on any atom is 0.305 e. The quantitative estimate of drug-likeness (QED) is 0.826. The molecule has 0 spiro atoms. The monoisotopic (exact) mass is 361 g/mol. The third-order valence-electron chi connectivity index (χ3n) is 3.97. The normalized spacial score (nSPS) is 14.6. The van der Waals surface area contributed by atoms with E-state index in [1.54, 1.807) is 13.0 Å². The van der Waals surface area contributed by atoms with E-state index in [-0.39, 0.29) is 18.9 Å². The Bertz CT molecular complexity index is 816. The van der Waals surface area contributed by atoms with Gasteiger partial charge in [-0.05, 0) is 25.1 Å². The predicted octanol–water partition coefficient (Wildman–Crippen LogP) is 2.92. The largest absolute Gasteiger partial charge is 0.488 e. The number of carbonyl (C=O) groups is 2. The highest BCUT2D eigenvalue weighted by Crippen LogP contribution is 2.42. The van der Waals surface area contributed by atoms with E-state index in [9.17, 15) is 9.59 Å². The molecule has 0 saturated heterocycles. The number of carboxylic acid groups (broad SMARTS) is 1. The van der Waals surface area contributed by atoms with Crippen molar-refractivity contribution in [1.29, 1.82) is 0 Å². The van der Waals surface area contributed by atoms with Crippen molar-refractivity contribution in [3.05, 3.63) is 40.8 Å². The van der Waals surface area contributed by atoms with Crippen LogP contribution in [0.5, 0.6) is 5.75 Å². The Balaban J connectivity index is 1.85. The summed E-state index contributed by atoms with van der Waals surface area (Å²) < 4.78 is 10.8. The minimum atomic E-state index is -0.993. The van der Waals surface area contributed by atoms with Crippen LogP contribution in [0.3, 0.4) is 0 Å². The predicted molar refractivity (Wildman–Crippen MR) is 94.1 cm³/mol. The number of carboxylic acids is 1. The van der Waals surface area contributed by atoms with Gasteiger partial charge in [0.2, 0.25) is 0 Å². The zero-order chi connectivity index (χ0) is 18.0. The van der Waals surface area contributed by atoms with Crippen LogP contribution < -0.4 is 10.1 Å². The number of ether oxygens (including phenoxy) is 2. The number of amides is 1. The smallest absolute Gasteiger partial charge is 0.305 e. The van der Waals surface area contributed by atoms with Crippen molar-refractivity contribution >= 4 is 23.2 Å². The van der Waals surface area contributed by atoms with Gasteiger partial charge in [-0.2, -0.15) is 0 Å². The van der Waals surface area contributed by atoms with Gasteiger partial charge in [0.15, 0.2) is 0 Å². The van der Waals surface area contributed by atoms with Gasteiger partial charge in [-0.25, -0.2) is 0 Å². The number of fused-ring (bicyclic) bond motifs is 3. The summed E-state index contributed by atoms with van der Waals surface area (Å²) >= 11 is 1.38. The lowest BCUT2D eigenvalue weighted by molar-refractivity contribution is -0.139. The van der Waals surface area contributed by atoms with E-state index >= 15 is 0 Å². The molecule has 1 aromatic heterocycles. The van der Waals surface area contributed by atoms with Crippen molar-refractivity contribution < 1.29 is 24.2 Å². The van der Waals surface area contributed by atoms with Gasteiger partial charge in [-0.3, -0.25) is 9.59 Å². The molecule has 2 N–H and O–H groups in total. The number of hydrogen-bond donors (Lipinski definition) is 2. The Hall–Kier alpha value is -2.38. The Kier molecular flexibility index (Phi) is 4.78. The molecule has 0 bridgehead atoms. The second-order valence-electron chi connectivity index (χ2n) is 6.27. The SMILES string of the molecule is COCC(C)(CC(=O)O)NC(=O)c1cc2c(s1)-c1ccccc1OC2. The molecule has 132 valence electrons. The van der Waals surface area contributed by atoms with E-state index in [1.807, 2.05) is 24.3 Å². The molecule has 1 atom stereocenters. The van der Waals surface area contributed by atoms with Crippen molar-refractivity contribution in [1.82, 2.24) is 5.32 Å². The van der Waals surface area contributed by atoms with Crippen molar-refractivity contribution in [2.45, 2.75) is 25.5 Å². The summed E-state index contributed by atoms with van der Waals surface area (Å²) in [5.74, 6) is -0.496. The van der Waals surface area contributed by atoms with Gasteiger partial charge in [0.25, 0.3) is 5.91 Å². The lowest BCUT2D eigenvalue weighted by Crippen LogP contribution is -2.50. The molecule has 0 fully saturated rings. The summed E-state index contributed by atoms with van der Waals surface area (Å²) in [5.41, 5.74) is 0.954. The zero-order valence-corrected chi connectivity index (χ0v) is 14.8. The Morgan fingerprint density at radius 1 is 1.40 bits per heavy atom. The van der Waals surface area contributed by atoms with E-state index < -0.39 is 11.5 Å². The first-order chi connectivity index (χ1) is 11.9. The molecule has 1 amide bonds. The highest BCUT2D eigenvalue weighted by Gasteiger charge is 2.31. The van der Waals surface area contributed by atoms with Crippen LogP contribution in [0.4, 0.5) is 0 Å². The molecule has 3 rings (SSSR count). The van der Waals surface area contributed by atoms with Crippen LogP contribution in [0.1, 0.15) is 28.6 Å². The first-order valence-corrected chi connectivity index (χ1v) is 8.62. The fourth-order valence-electron chi connectivity index (χ4n) is 2.93. The Morgan fingerprint density at radius 3 is 2.88 bits per heavy atom. The first kappa shape index (κ1) is 17.4. The molecule has 0 aliphatic carbocycles. The molecule has 1 aliphatic heterocycles. The number of thiophene rings is 1. The van der Waals surface area contributed by atoms with Crippen molar-refractivity contribution in [3.63, 3.8) is 0 Å². The van der Waals surface area contributed by atoms with Crippen molar-refractivity contribution in [2.24, 2.45) is 0 Å². The maximum atomic E-state index is 12.7. The zero-order valence-electron chi connectivity index (χ0n) is 14.0. The van der Waals surface area contributed by atoms with Crippen LogP contribution in [0, 0.1) is 0 Å². The number of methoxy groups -OCH3 is 1. The van der Waals surface area contributed by atoms with E-state index in [1.165, 1.54) is 18.4 Å². The molecule has 1 aromatic carbocycles. The Morgan fingerprint density at radius 2 is 2.16 bits per heavy atom. The highest BCUT2D eigenvalue weighted by atomic mass is 32.1. The molecule has 6 nitrogen and oxygen atoms in total. The third-order valence-corrected chi connectivity index (χ3v) is 5.18. The average molecular weight is 361 g/mol. The number of carbonyl (C=O) groups excluding carboxylic acids is 1. The molecule has 2 aromatic rings. The van der Waals surface area contributed by atoms with Gasteiger partial charge in [-0.1, -0.05) is 12.1 Å². The number of para-hydroxylation sites is 1. The number of benzene rings is 1. The molecule has 1 aliphatic rings. The topological polar surface area (TPSA) is 84.9 Å². The minimum Gasteiger partial charge on any atom is -0.488 e. The standard InChI is InChI=1S/C18H19NO5S/c1-18(10-23-2,8-15(20)21)19-17(22)14-7-11-9-24-13-6-4-3-5-12(13)16(11)25-14/h3-7H,8-10H2,1-2H3,(H,19,22)(H,20,21). The molecule has 2 heterocycles. The lowest BCUT2D eigenvalue weighted by atomic mass is 9.99. The summed E-state index contributed by atoms with van der Waals surface area (Å²) in [5, 5.41) is 11.9. The van der Waals surface area contributed by atoms with Crippen LogP contribution in [0.2, 0.25) is 0 Å². The van der Waals surface area contributed by atoms with E-state index in [2.05, 4.69) is 5.32 Å². The van der Waals surface area contributed by atoms with Gasteiger partial charge >= 0.3 is 5.97 Å². The fourth-order valence-corrected chi connectivity index (χ4v) is 4.02. The van der Waals surface area contributed by atoms with Gasteiger partial charge in [0.05, 0.1) is 23.4 Å². The minimum absolute atomic E-state index is 0.113. The van der Waals surface area contributed by atoms with Crippen molar-refractivity contribution in [2.75, 3.05) is 13.7 Å². The summed E-state index contributed by atoms with van der Waals surface area (Å²) in [6, 6.07) is 9.51. The number of nitrogens with one attached hydrogen (secondary N) is 1. The molecular weight excluding hydrogens is 342 g/mol. The summed E-state index contributed by atoms with van der Waals surface area (Å²) in [6.07, 6.45) is -0.219. The highest BCUT2D eigenvalue weighted by molar-refractivity contribution is 7.17. The van der Waals surface area contributed by atoms with Crippen LogP contribution >= 0.6 is 11.3 Å². The average Bonchev–Trinajstić information content (AvgIpc) is 2.98. The van der Waals surface area contributed by atoms with Gasteiger partial charge in [-0.15, -0.1) is 11.3 Å². The van der Waals surface area contributed by atoms with Gasteiger partial charge < -0.3 is 19.9 Å². The molecule has 1 unspecified atom stereocenters. The second-order valence-corrected chi connectivity index (χ2v) is 7.32. The van der Waals surface area contributed by atoms with Crippen LogP contribution in [0.15, 0.2) is 30.3 Å². The van der Waals surface area contributed by atoms with Gasteiger partial charge in [0, 0.05) is 23.1 Å². The number of rotatable bonds is 6. The molecular formula is C18H19NO5S. The van der Waals surface area contributed by atoms with Crippen molar-refractivity contribution in [3.8, 4) is 16.2 Å². The third kappa shape index (κ3) is 3.67. The summed E-state index contributed by atoms with van der Waals surface area (Å²) in [7, 11) is 1.48. The lowest BCUT2D eigenvalue weighted by Gasteiger charge is -2.28. The molecule has 7 heteroatoms. The molecule has 0 saturated carbocycles. The fraction of sp³-hybridized carbons (Fsp3) is 0.333. The van der Waals surface area contributed by atoms with Gasteiger partial charge in [0.1, 0.15) is 12.4 Å². The van der Waals surface area contributed by atoms with E-state index in [0.29, 0.717) is 11.5 Å². The molecule has 0 radical (unpaired) electrons. The number of aliphatic carboxylic acids is 1. The maximum absolute atomic E-state index is 12.7. The van der Waals surface area contributed by atoms with E-state index in [0.717, 1.165) is 21.8 Å². The van der Waals surface area contributed by atoms with Crippen LogP contribution in [-0.4, -0.2) is 36.2 Å². The van der Waals surface area contributed by atoms with Crippen LogP contribution in [-0.2, 0) is 16.1 Å². The number of hydrogen-bond acceptors (Lipinski definition) is 5. The first-order valence-electron chi connectivity index (χ1n) is 7.80. The van der Waals surface area contributed by atoms with E-state index in [4.69, 9.17) is 14.6 Å². The second kappa shape index (κ2) is 6.85. The summed E-state index contributed by atoms with van der Waals surface area (Å²) in [6.45, 7) is 2.19.